The van der Waals surface area contributed by atoms with E-state index in [1.807, 2.05) is 0 Å². The fourth-order valence-corrected chi connectivity index (χ4v) is 2.69. The first-order valence-corrected chi connectivity index (χ1v) is 6.75. The predicted molar refractivity (Wildman–Crippen MR) is 71.0 cm³/mol. The van der Waals surface area contributed by atoms with Crippen molar-refractivity contribution in [3.8, 4) is 0 Å². The van der Waals surface area contributed by atoms with Gasteiger partial charge in [0.15, 0.2) is 0 Å². The van der Waals surface area contributed by atoms with Gasteiger partial charge in [-0.05, 0) is 18.6 Å². The van der Waals surface area contributed by atoms with Crippen LogP contribution >= 0.6 is 23.2 Å². The highest BCUT2D eigenvalue weighted by Crippen LogP contribution is 2.39. The van der Waals surface area contributed by atoms with E-state index in [1.165, 1.54) is 0 Å². The van der Waals surface area contributed by atoms with Gasteiger partial charge in [-0.2, -0.15) is 0 Å². The van der Waals surface area contributed by atoms with Crippen molar-refractivity contribution in [3.63, 3.8) is 0 Å². The lowest BCUT2D eigenvalue weighted by atomic mass is 10.1. The van der Waals surface area contributed by atoms with Gasteiger partial charge in [0, 0.05) is 10.6 Å². The molecule has 5 heteroatoms. The van der Waals surface area contributed by atoms with E-state index in [-0.39, 0.29) is 12.7 Å². The first-order chi connectivity index (χ1) is 8.61. The minimum absolute atomic E-state index is 0.00565. The number of hydrogen-bond acceptors (Lipinski definition) is 3. The summed E-state index contributed by atoms with van der Waals surface area (Å²) in [5.74, 6) is -1.15. The molecule has 1 aromatic rings. The molecule has 2 unspecified atom stereocenters. The van der Waals surface area contributed by atoms with E-state index in [1.54, 1.807) is 18.2 Å². The number of aliphatic hydroxyl groups is 1. The van der Waals surface area contributed by atoms with E-state index in [0.717, 1.165) is 12.8 Å². The molecule has 18 heavy (non-hydrogen) atoms. The van der Waals surface area contributed by atoms with Gasteiger partial charge in [-0.1, -0.05) is 42.6 Å². The van der Waals surface area contributed by atoms with Gasteiger partial charge < -0.3 is 14.6 Å². The molecular formula is C13H16Cl2O3. The van der Waals surface area contributed by atoms with Crippen LogP contribution in [0.3, 0.4) is 0 Å². The van der Waals surface area contributed by atoms with E-state index >= 15 is 0 Å². The molecule has 1 N–H and O–H groups in total. The number of halogens is 2. The lowest BCUT2D eigenvalue weighted by molar-refractivity contribution is -0.201. The average molecular weight is 291 g/mol. The Kier molecular flexibility index (Phi) is 4.51. The second-order valence-electron chi connectivity index (χ2n) is 4.37. The van der Waals surface area contributed by atoms with Crippen molar-refractivity contribution in [3.05, 3.63) is 33.8 Å². The topological polar surface area (TPSA) is 38.7 Å². The number of hydrogen-bond donors (Lipinski definition) is 1. The summed E-state index contributed by atoms with van der Waals surface area (Å²) in [4.78, 5) is 0. The van der Waals surface area contributed by atoms with Crippen molar-refractivity contribution in [2.75, 3.05) is 13.2 Å². The van der Waals surface area contributed by atoms with Gasteiger partial charge in [0.05, 0.1) is 17.7 Å². The molecule has 1 heterocycles. The molecule has 1 aliphatic rings. The average Bonchev–Trinajstić information content (AvgIpc) is 2.74. The molecule has 0 aliphatic carbocycles. The first-order valence-electron chi connectivity index (χ1n) is 5.99. The van der Waals surface area contributed by atoms with Crippen molar-refractivity contribution >= 4 is 23.2 Å². The van der Waals surface area contributed by atoms with E-state index < -0.39 is 5.79 Å². The molecule has 0 saturated carbocycles. The van der Waals surface area contributed by atoms with Crippen molar-refractivity contribution in [2.45, 2.75) is 31.7 Å². The zero-order valence-electron chi connectivity index (χ0n) is 10.2. The van der Waals surface area contributed by atoms with Gasteiger partial charge in [-0.15, -0.1) is 0 Å². The van der Waals surface area contributed by atoms with Gasteiger partial charge in [0.25, 0.3) is 0 Å². The van der Waals surface area contributed by atoms with E-state index in [9.17, 15) is 5.11 Å². The van der Waals surface area contributed by atoms with Crippen molar-refractivity contribution < 1.29 is 14.6 Å². The standard InChI is InChI=1S/C13H16Cl2O3/c1-2-3-10-7-17-13(8-16,18-10)11-5-4-9(14)6-12(11)15/h4-6,10,16H,2-3,7-8H2,1H3. The normalized spacial score (nSPS) is 27.7. The minimum Gasteiger partial charge on any atom is -0.390 e. The Bertz CT molecular complexity index is 425. The minimum atomic E-state index is -1.15. The van der Waals surface area contributed by atoms with Gasteiger partial charge >= 0.3 is 0 Å². The van der Waals surface area contributed by atoms with Crippen molar-refractivity contribution in [1.29, 1.82) is 0 Å². The summed E-state index contributed by atoms with van der Waals surface area (Å²) in [5, 5.41) is 10.6. The molecule has 2 rings (SSSR count). The third-order valence-electron chi connectivity index (χ3n) is 3.02. The summed E-state index contributed by atoms with van der Waals surface area (Å²) in [7, 11) is 0. The van der Waals surface area contributed by atoms with Crippen LogP contribution in [0.15, 0.2) is 18.2 Å². The third-order valence-corrected chi connectivity index (χ3v) is 3.57. The van der Waals surface area contributed by atoms with Gasteiger partial charge in [-0.3, -0.25) is 0 Å². The van der Waals surface area contributed by atoms with Gasteiger partial charge in [-0.25, -0.2) is 0 Å². The molecule has 0 radical (unpaired) electrons. The zero-order valence-corrected chi connectivity index (χ0v) is 11.7. The SMILES string of the molecule is CCCC1COC(CO)(c2ccc(Cl)cc2Cl)O1. The van der Waals surface area contributed by atoms with Crippen molar-refractivity contribution in [1.82, 2.24) is 0 Å². The monoisotopic (exact) mass is 290 g/mol. The summed E-state index contributed by atoms with van der Waals surface area (Å²) in [6, 6.07) is 5.06. The smallest absolute Gasteiger partial charge is 0.220 e. The Labute approximate surface area is 117 Å². The Hall–Kier alpha value is -0.320. The second-order valence-corrected chi connectivity index (χ2v) is 5.22. The van der Waals surface area contributed by atoms with Crippen LogP contribution in [0.5, 0.6) is 0 Å². The maximum atomic E-state index is 9.61. The van der Waals surface area contributed by atoms with Crippen LogP contribution in [-0.4, -0.2) is 24.4 Å². The summed E-state index contributed by atoms with van der Waals surface area (Å²) >= 11 is 12.0. The van der Waals surface area contributed by atoms with Crippen LogP contribution in [0.25, 0.3) is 0 Å². The Morgan fingerprint density at radius 2 is 2.22 bits per heavy atom. The molecule has 1 aromatic carbocycles. The molecule has 1 aliphatic heterocycles. The number of aliphatic hydroxyl groups excluding tert-OH is 1. The van der Waals surface area contributed by atoms with Crippen LogP contribution in [0.2, 0.25) is 10.0 Å². The van der Waals surface area contributed by atoms with Crippen molar-refractivity contribution in [2.24, 2.45) is 0 Å². The van der Waals surface area contributed by atoms with Crippen LogP contribution < -0.4 is 0 Å². The second kappa shape index (κ2) is 5.76. The molecule has 1 fully saturated rings. The molecule has 100 valence electrons. The molecule has 0 amide bonds. The lowest BCUT2D eigenvalue weighted by Gasteiger charge is -2.27. The maximum absolute atomic E-state index is 9.61. The largest absolute Gasteiger partial charge is 0.390 e. The highest BCUT2D eigenvalue weighted by atomic mass is 35.5. The fourth-order valence-electron chi connectivity index (χ4n) is 2.14. The van der Waals surface area contributed by atoms with Crippen LogP contribution in [0.1, 0.15) is 25.3 Å². The zero-order chi connectivity index (χ0) is 13.2. The number of ether oxygens (including phenoxy) is 2. The summed E-state index contributed by atoms with van der Waals surface area (Å²) in [5.41, 5.74) is 0.620. The fraction of sp³-hybridized carbons (Fsp3) is 0.538. The van der Waals surface area contributed by atoms with E-state index in [4.69, 9.17) is 32.7 Å². The quantitative estimate of drug-likeness (QED) is 0.924. The maximum Gasteiger partial charge on any atom is 0.220 e. The Morgan fingerprint density at radius 1 is 1.44 bits per heavy atom. The molecule has 1 saturated heterocycles. The lowest BCUT2D eigenvalue weighted by Crippen LogP contribution is -2.32. The van der Waals surface area contributed by atoms with Gasteiger partial charge in [0.2, 0.25) is 5.79 Å². The third kappa shape index (κ3) is 2.65. The molecule has 0 spiro atoms. The summed E-state index contributed by atoms with van der Waals surface area (Å²) in [6.45, 7) is 2.28. The highest BCUT2D eigenvalue weighted by Gasteiger charge is 2.43. The highest BCUT2D eigenvalue weighted by molar-refractivity contribution is 6.35. The van der Waals surface area contributed by atoms with E-state index in [2.05, 4.69) is 6.92 Å². The van der Waals surface area contributed by atoms with Gasteiger partial charge in [0.1, 0.15) is 6.61 Å². The molecule has 0 bridgehead atoms. The summed E-state index contributed by atoms with van der Waals surface area (Å²) < 4.78 is 11.5. The molecule has 2 atom stereocenters. The molecule has 0 aromatic heterocycles. The Morgan fingerprint density at radius 3 is 2.83 bits per heavy atom. The number of rotatable bonds is 4. The number of benzene rings is 1. The van der Waals surface area contributed by atoms with Crippen LogP contribution in [0, 0.1) is 0 Å². The van der Waals surface area contributed by atoms with E-state index in [0.29, 0.717) is 22.2 Å². The Balaban J connectivity index is 2.28. The molecule has 3 nitrogen and oxygen atoms in total. The summed E-state index contributed by atoms with van der Waals surface area (Å²) in [6.07, 6.45) is 1.89. The van der Waals surface area contributed by atoms with Crippen LogP contribution in [0.4, 0.5) is 0 Å². The molecular weight excluding hydrogens is 275 g/mol. The van der Waals surface area contributed by atoms with Crippen LogP contribution in [-0.2, 0) is 15.3 Å². The first kappa shape index (κ1) is 14.1. The predicted octanol–water partition coefficient (Wildman–Crippen LogP) is 3.35.